The summed E-state index contributed by atoms with van der Waals surface area (Å²) in [5.74, 6) is -7.07. The van der Waals surface area contributed by atoms with E-state index in [4.69, 9.17) is 16.7 Å². The Kier molecular flexibility index (Phi) is 11.7. The number of carboxylic acid groups (broad SMARTS) is 1. The Morgan fingerprint density at radius 1 is 0.693 bits per heavy atom. The first-order valence-electron chi connectivity index (χ1n) is 23.4. The molecule has 3 aliphatic rings. The number of amides is 4. The molecule has 1 aliphatic carbocycles. The standard InChI is InChI=1S/C30H25N5O4.C25H16ClF3N4O3/c1-2-34(20-9-4-3-5-10-20)21-11-8-12-22(18-21)35-27(36)23-13-6-7-14-24(23)30(35,39)19-15-16-25-26(17-19)32-28(31-25)33-29(37)38;26-16-6-3-7-19(20(16)27)33-22(35)13-4-1-2-5-14(13)25(33,36)12-8-9-17-18(10-12)31-23(30-17)32-21(34)15-11-24(15,28)29/h3-18,39H,2H2,1H3,(H,37,38)(H2,31,32,33);1-10,15,36H,11H2,(H2,30,31,32,34). The van der Waals surface area contributed by atoms with Crippen LogP contribution in [0.2, 0.25) is 5.02 Å². The molecule has 0 radical (unpaired) electrons. The lowest BCUT2D eigenvalue weighted by atomic mass is 9.93. The van der Waals surface area contributed by atoms with Crippen LogP contribution < -0.4 is 25.3 Å². The zero-order valence-corrected chi connectivity index (χ0v) is 40.0. The summed E-state index contributed by atoms with van der Waals surface area (Å²) in [5, 5.41) is 37.9. The number of imidazole rings is 2. The van der Waals surface area contributed by atoms with Gasteiger partial charge >= 0.3 is 6.09 Å². The predicted molar refractivity (Wildman–Crippen MR) is 275 cm³/mol. The smallest absolute Gasteiger partial charge is 0.411 e. The second kappa shape index (κ2) is 18.2. The SMILES string of the molecule is CCN(c1ccccc1)c1cccc(N2C(=O)c3ccccc3C2(O)c2ccc3nc(NC(=O)O)[nH]c3c2)c1.O=C(Nc1nc2ccc(C3(O)c4ccccc4C(=O)N3c3cccc(Cl)c3F)cc2[nH]1)C1CC1(F)F. The molecular weight excluding hydrogens is 991 g/mol. The zero-order valence-electron chi connectivity index (χ0n) is 39.2. The normalized spacial score (nSPS) is 19.1. The third kappa shape index (κ3) is 8.13. The molecule has 7 aromatic carbocycles. The number of aromatic nitrogens is 4. The maximum absolute atomic E-state index is 15.1. The second-order valence-electron chi connectivity index (χ2n) is 18.0. The molecule has 4 heterocycles. The van der Waals surface area contributed by atoms with E-state index < -0.39 is 53.4 Å². The molecule has 0 saturated heterocycles. The van der Waals surface area contributed by atoms with Gasteiger partial charge in [-0.25, -0.2) is 27.9 Å². The lowest BCUT2D eigenvalue weighted by Gasteiger charge is -2.35. The van der Waals surface area contributed by atoms with Gasteiger partial charge in [-0.15, -0.1) is 0 Å². The average Bonchev–Trinajstić information content (AvgIpc) is 3.74. The number of nitrogens with one attached hydrogen (secondary N) is 4. The Morgan fingerprint density at radius 3 is 1.79 bits per heavy atom. The van der Waals surface area contributed by atoms with Gasteiger partial charge in [-0.2, -0.15) is 0 Å². The van der Waals surface area contributed by atoms with E-state index in [1.807, 2.05) is 48.5 Å². The quantitative estimate of drug-likeness (QED) is 0.0687. The molecule has 2 aliphatic heterocycles. The highest BCUT2D eigenvalue weighted by Gasteiger charge is 2.61. The van der Waals surface area contributed by atoms with Gasteiger partial charge in [0.15, 0.2) is 17.3 Å². The number of halogens is 4. The number of para-hydroxylation sites is 1. The third-order valence-corrected chi connectivity index (χ3v) is 13.7. The van der Waals surface area contributed by atoms with E-state index in [0.717, 1.165) is 16.3 Å². The molecule has 16 nitrogen and oxygen atoms in total. The van der Waals surface area contributed by atoms with Crippen molar-refractivity contribution in [2.24, 2.45) is 5.92 Å². The Bertz CT molecular complexity index is 3800. The molecule has 75 heavy (non-hydrogen) atoms. The van der Waals surface area contributed by atoms with Crippen molar-refractivity contribution in [2.75, 3.05) is 31.9 Å². The topological polar surface area (TPSA) is 220 Å². The maximum atomic E-state index is 15.1. The number of H-pyrrole nitrogens is 2. The van der Waals surface area contributed by atoms with Gasteiger partial charge in [0.1, 0.15) is 5.92 Å². The van der Waals surface area contributed by atoms with E-state index in [9.17, 15) is 38.2 Å². The molecule has 1 fully saturated rings. The van der Waals surface area contributed by atoms with Crippen molar-refractivity contribution < 1.29 is 47.7 Å². The largest absolute Gasteiger partial charge is 0.465 e. The minimum Gasteiger partial charge on any atom is -0.465 e. The summed E-state index contributed by atoms with van der Waals surface area (Å²) >= 11 is 5.97. The fraction of sp³-hybridized carbons (Fsp3) is 0.127. The number of fused-ring (bicyclic) bond motifs is 4. The first kappa shape index (κ1) is 48.2. The molecule has 0 spiro atoms. The number of benzene rings is 7. The number of carbonyl (C=O) groups excluding carboxylic acids is 3. The van der Waals surface area contributed by atoms with Crippen LogP contribution in [0.25, 0.3) is 22.1 Å². The second-order valence-corrected chi connectivity index (χ2v) is 18.4. The first-order chi connectivity index (χ1) is 36.0. The van der Waals surface area contributed by atoms with Crippen LogP contribution in [0, 0.1) is 11.7 Å². The van der Waals surface area contributed by atoms with E-state index in [1.54, 1.807) is 66.7 Å². The van der Waals surface area contributed by atoms with Crippen LogP contribution in [0.3, 0.4) is 0 Å². The molecule has 376 valence electrons. The van der Waals surface area contributed by atoms with Crippen molar-refractivity contribution in [1.82, 2.24) is 19.9 Å². The summed E-state index contributed by atoms with van der Waals surface area (Å²) in [4.78, 5) is 69.0. The highest BCUT2D eigenvalue weighted by Crippen LogP contribution is 2.50. The van der Waals surface area contributed by atoms with Gasteiger partial charge in [0.05, 0.1) is 32.8 Å². The number of anilines is 6. The van der Waals surface area contributed by atoms with Crippen molar-refractivity contribution in [3.05, 3.63) is 202 Å². The van der Waals surface area contributed by atoms with E-state index in [-0.39, 0.29) is 45.2 Å². The summed E-state index contributed by atoms with van der Waals surface area (Å²) in [6.45, 7) is 2.76. The Hall–Kier alpha value is -9.04. The molecular formula is C55H41ClF3N9O7. The predicted octanol–water partition coefficient (Wildman–Crippen LogP) is 10.5. The molecule has 1 saturated carbocycles. The zero-order chi connectivity index (χ0) is 52.6. The van der Waals surface area contributed by atoms with E-state index in [1.165, 1.54) is 47.4 Å². The summed E-state index contributed by atoms with van der Waals surface area (Å²) < 4.78 is 41.5. The van der Waals surface area contributed by atoms with Gasteiger partial charge in [-0.05, 0) is 85.8 Å². The molecule has 4 amide bonds. The van der Waals surface area contributed by atoms with Gasteiger partial charge in [-0.3, -0.25) is 34.8 Å². The minimum atomic E-state index is -3.02. The maximum Gasteiger partial charge on any atom is 0.411 e. The van der Waals surface area contributed by atoms with Crippen LogP contribution in [-0.2, 0) is 16.2 Å². The lowest BCUT2D eigenvalue weighted by Crippen LogP contribution is -2.45. The lowest BCUT2D eigenvalue weighted by molar-refractivity contribution is -0.119. The number of alkyl halides is 2. The monoisotopic (exact) mass is 1030 g/mol. The highest BCUT2D eigenvalue weighted by molar-refractivity contribution is 6.31. The highest BCUT2D eigenvalue weighted by atomic mass is 35.5. The van der Waals surface area contributed by atoms with Crippen LogP contribution in [0.1, 0.15) is 56.3 Å². The number of aliphatic hydroxyl groups is 2. The number of carbonyl (C=O) groups is 4. The van der Waals surface area contributed by atoms with Crippen LogP contribution in [0.4, 0.5) is 52.6 Å². The van der Waals surface area contributed by atoms with Crippen LogP contribution in [0.15, 0.2) is 158 Å². The fourth-order valence-electron chi connectivity index (χ4n) is 9.84. The summed E-state index contributed by atoms with van der Waals surface area (Å²) in [5.41, 5.74) is 1.92. The molecule has 2 aromatic heterocycles. The molecule has 20 heteroatoms. The molecule has 12 rings (SSSR count). The van der Waals surface area contributed by atoms with Gasteiger partial charge in [-0.1, -0.05) is 90.5 Å². The molecule has 9 aromatic rings. The number of rotatable bonds is 10. The van der Waals surface area contributed by atoms with Crippen molar-refractivity contribution >= 4 is 92.1 Å². The van der Waals surface area contributed by atoms with Gasteiger partial charge in [0.25, 0.3) is 17.7 Å². The minimum absolute atomic E-state index is 0.0394. The first-order valence-corrected chi connectivity index (χ1v) is 23.8. The van der Waals surface area contributed by atoms with Crippen LogP contribution >= 0.6 is 11.6 Å². The summed E-state index contributed by atoms with van der Waals surface area (Å²) in [7, 11) is 0. The van der Waals surface area contributed by atoms with Crippen LogP contribution in [0.5, 0.6) is 0 Å². The number of hydrogen-bond acceptors (Lipinski definition) is 9. The number of nitrogens with zero attached hydrogens (tertiary/aromatic N) is 5. The van der Waals surface area contributed by atoms with Gasteiger partial charge < -0.3 is 30.2 Å². The van der Waals surface area contributed by atoms with Crippen molar-refractivity contribution in [3.63, 3.8) is 0 Å². The fourth-order valence-corrected chi connectivity index (χ4v) is 10.0. The Morgan fingerprint density at radius 2 is 1.21 bits per heavy atom. The van der Waals surface area contributed by atoms with Crippen LogP contribution in [-0.4, -0.2) is 71.5 Å². The summed E-state index contributed by atoms with van der Waals surface area (Å²) in [6.07, 6.45) is -1.76. The average molecular weight is 1030 g/mol. The molecule has 3 unspecified atom stereocenters. The van der Waals surface area contributed by atoms with Gasteiger partial charge in [0, 0.05) is 63.4 Å². The number of hydrogen-bond donors (Lipinski definition) is 7. The molecule has 7 N–H and O–H groups in total. The van der Waals surface area contributed by atoms with Crippen molar-refractivity contribution in [1.29, 1.82) is 0 Å². The van der Waals surface area contributed by atoms with E-state index >= 15 is 4.39 Å². The van der Waals surface area contributed by atoms with E-state index in [2.05, 4.69) is 42.4 Å². The molecule has 3 atom stereocenters. The Labute approximate surface area is 428 Å². The van der Waals surface area contributed by atoms with Gasteiger partial charge in [0.2, 0.25) is 17.8 Å². The van der Waals surface area contributed by atoms with Crippen molar-refractivity contribution in [2.45, 2.75) is 30.7 Å². The molecule has 0 bridgehead atoms. The summed E-state index contributed by atoms with van der Waals surface area (Å²) in [6, 6.07) is 44.6. The van der Waals surface area contributed by atoms with Crippen molar-refractivity contribution in [3.8, 4) is 0 Å². The number of aromatic amines is 2. The van der Waals surface area contributed by atoms with E-state index in [0.29, 0.717) is 51.0 Å². The Balaban J connectivity index is 0.000000161. The third-order valence-electron chi connectivity index (χ3n) is 13.5.